The van der Waals surface area contributed by atoms with E-state index in [1.54, 1.807) is 30.7 Å². The lowest BCUT2D eigenvalue weighted by Crippen LogP contribution is -2.36. The predicted octanol–water partition coefficient (Wildman–Crippen LogP) is 4.37. The predicted molar refractivity (Wildman–Crippen MR) is 132 cm³/mol. The summed E-state index contributed by atoms with van der Waals surface area (Å²) in [6.07, 6.45) is 4.92. The number of benzene rings is 2. The van der Waals surface area contributed by atoms with Gasteiger partial charge in [-0.05, 0) is 54.6 Å². The Kier molecular flexibility index (Phi) is 6.40. The molecule has 0 bridgehead atoms. The van der Waals surface area contributed by atoms with Crippen LogP contribution in [0.4, 0.5) is 23.0 Å². The number of amides is 1. The van der Waals surface area contributed by atoms with E-state index in [1.807, 2.05) is 42.5 Å². The van der Waals surface area contributed by atoms with Gasteiger partial charge in [-0.15, -0.1) is 0 Å². The van der Waals surface area contributed by atoms with E-state index < -0.39 is 0 Å². The maximum absolute atomic E-state index is 12.3. The summed E-state index contributed by atoms with van der Waals surface area (Å²) in [6, 6.07) is 21.0. The number of morpholine rings is 1. The van der Waals surface area contributed by atoms with Gasteiger partial charge < -0.3 is 20.3 Å². The van der Waals surface area contributed by atoms with Crippen LogP contribution in [0.1, 0.15) is 10.4 Å². The first-order valence-electron chi connectivity index (χ1n) is 11.1. The average Bonchev–Trinajstić information content (AvgIpc) is 2.91. The van der Waals surface area contributed by atoms with Gasteiger partial charge in [0.1, 0.15) is 0 Å². The Morgan fingerprint density at radius 2 is 1.53 bits per heavy atom. The second-order valence-corrected chi connectivity index (χ2v) is 7.80. The number of hydrogen-bond donors (Lipinski definition) is 2. The van der Waals surface area contributed by atoms with Crippen LogP contribution >= 0.6 is 0 Å². The normalized spacial score (nSPS) is 13.4. The minimum absolute atomic E-state index is 0.177. The minimum atomic E-state index is -0.177. The molecule has 1 amide bonds. The van der Waals surface area contributed by atoms with Gasteiger partial charge in [-0.25, -0.2) is 9.97 Å². The summed E-state index contributed by atoms with van der Waals surface area (Å²) in [4.78, 5) is 27.6. The van der Waals surface area contributed by atoms with Crippen molar-refractivity contribution in [1.82, 2.24) is 15.0 Å². The molecule has 0 unspecified atom stereocenters. The summed E-state index contributed by atoms with van der Waals surface area (Å²) >= 11 is 0. The molecule has 170 valence electrons. The molecule has 0 spiro atoms. The van der Waals surface area contributed by atoms with Crippen LogP contribution in [0.2, 0.25) is 0 Å². The highest BCUT2D eigenvalue weighted by Crippen LogP contribution is 2.23. The maximum atomic E-state index is 12.3. The standard InChI is InChI=1S/C26H24N6O2/c33-25(20-9-12-27-13-10-20)29-21-3-1-19(2-4-21)24-11-14-28-26(31-24)30-22-5-7-23(8-6-22)32-15-17-34-18-16-32/h1-14H,15-18H2,(H,29,33)(H,28,30,31). The molecule has 0 saturated carbocycles. The van der Waals surface area contributed by atoms with Crippen LogP contribution in [0.3, 0.4) is 0 Å². The summed E-state index contributed by atoms with van der Waals surface area (Å²) in [6.45, 7) is 3.34. The van der Waals surface area contributed by atoms with Crippen molar-refractivity contribution in [2.75, 3.05) is 41.8 Å². The SMILES string of the molecule is O=C(Nc1ccc(-c2ccnc(Nc3ccc(N4CCOCC4)cc3)n2)cc1)c1ccncc1. The van der Waals surface area contributed by atoms with Crippen molar-refractivity contribution in [2.45, 2.75) is 0 Å². The second kappa shape index (κ2) is 10.1. The Hall–Kier alpha value is -4.30. The van der Waals surface area contributed by atoms with Crippen LogP contribution in [0.15, 0.2) is 85.3 Å². The van der Waals surface area contributed by atoms with Crippen molar-refractivity contribution in [3.8, 4) is 11.3 Å². The van der Waals surface area contributed by atoms with Crippen LogP contribution in [0, 0.1) is 0 Å². The van der Waals surface area contributed by atoms with Gasteiger partial charge in [0.15, 0.2) is 0 Å². The highest BCUT2D eigenvalue weighted by molar-refractivity contribution is 6.04. The molecule has 1 aliphatic rings. The number of anilines is 4. The van der Waals surface area contributed by atoms with Crippen molar-refractivity contribution >= 4 is 28.9 Å². The maximum Gasteiger partial charge on any atom is 0.255 e. The van der Waals surface area contributed by atoms with Crippen LogP contribution in [0.5, 0.6) is 0 Å². The number of nitrogens with one attached hydrogen (secondary N) is 2. The fraction of sp³-hybridized carbons (Fsp3) is 0.154. The Bertz CT molecular complexity index is 1240. The Morgan fingerprint density at radius 1 is 0.824 bits per heavy atom. The first kappa shape index (κ1) is 21.5. The molecule has 4 aromatic rings. The zero-order valence-corrected chi connectivity index (χ0v) is 18.5. The molecule has 34 heavy (non-hydrogen) atoms. The lowest BCUT2D eigenvalue weighted by molar-refractivity contribution is 0.102. The van der Waals surface area contributed by atoms with Crippen LogP contribution in [-0.2, 0) is 4.74 Å². The summed E-state index contributed by atoms with van der Waals surface area (Å²) in [5.74, 6) is 0.343. The molecule has 8 nitrogen and oxygen atoms in total. The summed E-state index contributed by atoms with van der Waals surface area (Å²) in [5, 5.41) is 6.16. The van der Waals surface area contributed by atoms with Gasteiger partial charge in [0.05, 0.1) is 18.9 Å². The van der Waals surface area contributed by atoms with E-state index >= 15 is 0 Å². The zero-order valence-electron chi connectivity index (χ0n) is 18.5. The van der Waals surface area contributed by atoms with Crippen molar-refractivity contribution in [1.29, 1.82) is 0 Å². The number of aromatic nitrogens is 3. The molecule has 2 N–H and O–H groups in total. The van der Waals surface area contributed by atoms with Crippen molar-refractivity contribution in [3.63, 3.8) is 0 Å². The topological polar surface area (TPSA) is 92.3 Å². The number of rotatable bonds is 6. The van der Waals surface area contributed by atoms with E-state index in [2.05, 4.69) is 42.6 Å². The number of nitrogens with zero attached hydrogens (tertiary/aromatic N) is 4. The molecule has 1 fully saturated rings. The van der Waals surface area contributed by atoms with Crippen LogP contribution in [-0.4, -0.2) is 47.2 Å². The van der Waals surface area contributed by atoms with E-state index in [0.29, 0.717) is 17.2 Å². The third kappa shape index (κ3) is 5.19. The third-order valence-electron chi connectivity index (χ3n) is 5.54. The average molecular weight is 453 g/mol. The van der Waals surface area contributed by atoms with Crippen LogP contribution in [0.25, 0.3) is 11.3 Å². The highest BCUT2D eigenvalue weighted by atomic mass is 16.5. The number of carbonyl (C=O) groups is 1. The molecule has 5 rings (SSSR count). The van der Waals surface area contributed by atoms with Crippen LogP contribution < -0.4 is 15.5 Å². The van der Waals surface area contributed by atoms with Gasteiger partial charge >= 0.3 is 0 Å². The first-order valence-corrected chi connectivity index (χ1v) is 11.1. The van der Waals surface area contributed by atoms with E-state index in [-0.39, 0.29) is 5.91 Å². The lowest BCUT2D eigenvalue weighted by atomic mass is 10.1. The molecule has 1 saturated heterocycles. The molecule has 2 aromatic carbocycles. The number of carbonyl (C=O) groups excluding carboxylic acids is 1. The Morgan fingerprint density at radius 3 is 2.26 bits per heavy atom. The monoisotopic (exact) mass is 452 g/mol. The fourth-order valence-electron chi connectivity index (χ4n) is 3.72. The smallest absolute Gasteiger partial charge is 0.255 e. The van der Waals surface area contributed by atoms with Crippen molar-refractivity contribution in [2.24, 2.45) is 0 Å². The van der Waals surface area contributed by atoms with Gasteiger partial charge in [-0.3, -0.25) is 9.78 Å². The van der Waals surface area contributed by atoms with Gasteiger partial charge in [-0.2, -0.15) is 0 Å². The molecular weight excluding hydrogens is 428 g/mol. The molecule has 1 aliphatic heterocycles. The largest absolute Gasteiger partial charge is 0.378 e. The number of ether oxygens (including phenoxy) is 1. The highest BCUT2D eigenvalue weighted by Gasteiger charge is 2.11. The molecular formula is C26H24N6O2. The van der Waals surface area contributed by atoms with Gasteiger partial charge in [0.25, 0.3) is 5.91 Å². The van der Waals surface area contributed by atoms with E-state index in [9.17, 15) is 4.79 Å². The van der Waals surface area contributed by atoms with Crippen molar-refractivity contribution in [3.05, 3.63) is 90.9 Å². The zero-order chi connectivity index (χ0) is 23.2. The molecule has 0 aliphatic carbocycles. The first-order chi connectivity index (χ1) is 16.7. The summed E-state index contributed by atoms with van der Waals surface area (Å²) in [5.41, 5.74) is 5.08. The van der Waals surface area contributed by atoms with Gasteiger partial charge in [-0.1, -0.05) is 12.1 Å². The molecule has 0 atom stereocenters. The van der Waals surface area contributed by atoms with E-state index in [0.717, 1.165) is 43.2 Å². The quantitative estimate of drug-likeness (QED) is 0.449. The Balaban J connectivity index is 1.24. The lowest BCUT2D eigenvalue weighted by Gasteiger charge is -2.28. The number of hydrogen-bond acceptors (Lipinski definition) is 7. The van der Waals surface area contributed by atoms with Crippen molar-refractivity contribution < 1.29 is 9.53 Å². The van der Waals surface area contributed by atoms with Gasteiger partial charge in [0.2, 0.25) is 5.95 Å². The Labute approximate surface area is 197 Å². The third-order valence-corrected chi connectivity index (χ3v) is 5.54. The summed E-state index contributed by atoms with van der Waals surface area (Å²) in [7, 11) is 0. The molecule has 3 heterocycles. The summed E-state index contributed by atoms with van der Waals surface area (Å²) < 4.78 is 5.42. The molecule has 0 radical (unpaired) electrons. The second-order valence-electron chi connectivity index (χ2n) is 7.80. The van der Waals surface area contributed by atoms with Gasteiger partial charge in [0, 0.05) is 59.9 Å². The fourth-order valence-corrected chi connectivity index (χ4v) is 3.72. The van der Waals surface area contributed by atoms with E-state index in [4.69, 9.17) is 4.74 Å². The van der Waals surface area contributed by atoms with E-state index in [1.165, 1.54) is 5.69 Å². The molecule has 8 heteroatoms. The number of pyridine rings is 1. The molecule has 2 aromatic heterocycles. The minimum Gasteiger partial charge on any atom is -0.378 e.